The smallest absolute Gasteiger partial charge is 0.243 e. The second kappa shape index (κ2) is 10.5. The van der Waals surface area contributed by atoms with Crippen LogP contribution >= 0.6 is 22.9 Å². The van der Waals surface area contributed by atoms with E-state index in [2.05, 4.69) is 15.6 Å². The van der Waals surface area contributed by atoms with Gasteiger partial charge in [0.1, 0.15) is 6.04 Å². The van der Waals surface area contributed by atoms with Gasteiger partial charge in [0.15, 0.2) is 0 Å². The van der Waals surface area contributed by atoms with Crippen LogP contribution in [0.15, 0.2) is 48.5 Å². The summed E-state index contributed by atoms with van der Waals surface area (Å²) in [5.74, 6) is -0.452. The van der Waals surface area contributed by atoms with E-state index in [4.69, 9.17) is 17.3 Å². The van der Waals surface area contributed by atoms with Crippen molar-refractivity contribution in [3.05, 3.63) is 64.1 Å². The summed E-state index contributed by atoms with van der Waals surface area (Å²) >= 11 is 7.53. The fourth-order valence-corrected chi connectivity index (χ4v) is 4.40. The van der Waals surface area contributed by atoms with Crippen molar-refractivity contribution in [2.45, 2.75) is 38.3 Å². The third-order valence-corrected chi connectivity index (χ3v) is 5.98. The molecule has 0 aliphatic carbocycles. The van der Waals surface area contributed by atoms with Gasteiger partial charge in [-0.1, -0.05) is 48.9 Å². The molecule has 0 spiro atoms. The number of nitrogens with one attached hydrogen (secondary N) is 2. The van der Waals surface area contributed by atoms with E-state index in [1.807, 2.05) is 42.5 Å². The lowest BCUT2D eigenvalue weighted by Gasteiger charge is -2.22. The molecule has 3 rings (SSSR count). The van der Waals surface area contributed by atoms with Gasteiger partial charge in [0.2, 0.25) is 11.8 Å². The summed E-state index contributed by atoms with van der Waals surface area (Å²) in [5.41, 5.74) is 7.80. The van der Waals surface area contributed by atoms with Gasteiger partial charge in [-0.15, -0.1) is 11.3 Å². The van der Waals surface area contributed by atoms with Crippen LogP contribution in [0.2, 0.25) is 5.02 Å². The van der Waals surface area contributed by atoms with Gasteiger partial charge in [0.25, 0.3) is 0 Å². The summed E-state index contributed by atoms with van der Waals surface area (Å²) in [5, 5.41) is 7.20. The predicted octanol–water partition coefficient (Wildman–Crippen LogP) is 3.07. The zero-order valence-corrected chi connectivity index (χ0v) is 18.3. The Morgan fingerprint density at radius 3 is 2.60 bits per heavy atom. The Balaban J connectivity index is 1.73. The largest absolute Gasteiger partial charge is 0.350 e. The lowest BCUT2D eigenvalue weighted by Crippen LogP contribution is -2.52. The van der Waals surface area contributed by atoms with Crippen molar-refractivity contribution in [3.63, 3.8) is 0 Å². The molecule has 0 aliphatic heterocycles. The molecule has 0 aliphatic rings. The van der Waals surface area contributed by atoms with Gasteiger partial charge in [-0.3, -0.25) is 9.59 Å². The zero-order valence-electron chi connectivity index (χ0n) is 16.7. The predicted molar refractivity (Wildman–Crippen MR) is 122 cm³/mol. The van der Waals surface area contributed by atoms with E-state index in [-0.39, 0.29) is 17.9 Å². The molecule has 8 heteroatoms. The topological polar surface area (TPSA) is 97.1 Å². The molecule has 1 aromatic heterocycles. The van der Waals surface area contributed by atoms with Crippen molar-refractivity contribution >= 4 is 45.0 Å². The number of thiazole rings is 1. The summed E-state index contributed by atoms with van der Waals surface area (Å²) in [6, 6.07) is 14.4. The minimum absolute atomic E-state index is 0.188. The molecule has 2 amide bonds. The van der Waals surface area contributed by atoms with Gasteiger partial charge in [-0.05, 0) is 30.2 Å². The SMILES string of the molecule is CCC(=O)N[C@H](Cc1nc2ccc(Cl)cc2s1)C(=O)N[C@@H](CN)Cc1ccccc1. The summed E-state index contributed by atoms with van der Waals surface area (Å²) in [6.07, 6.45) is 1.22. The average Bonchev–Trinajstić information content (AvgIpc) is 3.14. The average molecular weight is 445 g/mol. The van der Waals surface area contributed by atoms with Crippen LogP contribution in [-0.2, 0) is 22.4 Å². The summed E-state index contributed by atoms with van der Waals surface area (Å²) < 4.78 is 0.947. The maximum Gasteiger partial charge on any atom is 0.243 e. The molecule has 1 heterocycles. The maximum absolute atomic E-state index is 13.0. The van der Waals surface area contributed by atoms with E-state index in [1.54, 1.807) is 13.0 Å². The number of halogens is 1. The van der Waals surface area contributed by atoms with Crippen LogP contribution in [0, 0.1) is 0 Å². The number of nitrogens with two attached hydrogens (primary N) is 1. The molecule has 6 nitrogen and oxygen atoms in total. The molecule has 3 aromatic rings. The minimum atomic E-state index is -0.724. The van der Waals surface area contributed by atoms with Crippen molar-refractivity contribution in [2.24, 2.45) is 5.73 Å². The Morgan fingerprint density at radius 1 is 1.13 bits per heavy atom. The Kier molecular flexibility index (Phi) is 7.79. The van der Waals surface area contributed by atoms with E-state index in [0.29, 0.717) is 30.8 Å². The second-order valence-electron chi connectivity index (χ2n) is 7.03. The van der Waals surface area contributed by atoms with E-state index in [9.17, 15) is 9.59 Å². The van der Waals surface area contributed by atoms with Crippen molar-refractivity contribution in [3.8, 4) is 0 Å². The molecule has 0 fully saturated rings. The molecule has 2 atom stereocenters. The summed E-state index contributed by atoms with van der Waals surface area (Å²) in [6.45, 7) is 2.05. The number of nitrogens with zero attached hydrogens (tertiary/aromatic N) is 1. The van der Waals surface area contributed by atoms with Crippen molar-refractivity contribution in [1.29, 1.82) is 0 Å². The van der Waals surface area contributed by atoms with Crippen LogP contribution in [0.4, 0.5) is 0 Å². The van der Waals surface area contributed by atoms with Crippen LogP contribution in [0.25, 0.3) is 10.2 Å². The fraction of sp³-hybridized carbons (Fsp3) is 0.318. The fourth-order valence-electron chi connectivity index (χ4n) is 3.11. The molecular weight excluding hydrogens is 420 g/mol. The van der Waals surface area contributed by atoms with E-state index in [0.717, 1.165) is 20.8 Å². The third kappa shape index (κ3) is 6.01. The van der Waals surface area contributed by atoms with Crippen molar-refractivity contribution in [2.75, 3.05) is 6.54 Å². The number of hydrogen-bond donors (Lipinski definition) is 3. The highest BCUT2D eigenvalue weighted by atomic mass is 35.5. The molecular formula is C22H25ClN4O2S. The molecule has 30 heavy (non-hydrogen) atoms. The highest BCUT2D eigenvalue weighted by Gasteiger charge is 2.24. The van der Waals surface area contributed by atoms with Gasteiger partial charge >= 0.3 is 0 Å². The Morgan fingerprint density at radius 2 is 1.90 bits per heavy atom. The molecule has 0 unspecified atom stereocenters. The Bertz CT molecular complexity index is 1010. The Labute approximate surface area is 184 Å². The lowest BCUT2D eigenvalue weighted by molar-refractivity contribution is -0.129. The number of amides is 2. The molecule has 4 N–H and O–H groups in total. The first-order valence-electron chi connectivity index (χ1n) is 9.87. The van der Waals surface area contributed by atoms with E-state index in [1.165, 1.54) is 11.3 Å². The number of aromatic nitrogens is 1. The molecule has 2 aromatic carbocycles. The minimum Gasteiger partial charge on any atom is -0.350 e. The number of hydrogen-bond acceptors (Lipinski definition) is 5. The van der Waals surface area contributed by atoms with Crippen molar-refractivity contribution < 1.29 is 9.59 Å². The van der Waals surface area contributed by atoms with Crippen molar-refractivity contribution in [1.82, 2.24) is 15.6 Å². The van der Waals surface area contributed by atoms with Gasteiger partial charge in [-0.25, -0.2) is 4.98 Å². The molecule has 0 bridgehead atoms. The van der Waals surface area contributed by atoms with Gasteiger partial charge in [0.05, 0.1) is 15.2 Å². The molecule has 0 saturated heterocycles. The normalized spacial score (nSPS) is 13.0. The summed E-state index contributed by atoms with van der Waals surface area (Å²) in [4.78, 5) is 29.6. The zero-order chi connectivity index (χ0) is 21.5. The first-order chi connectivity index (χ1) is 14.5. The number of fused-ring (bicyclic) bond motifs is 1. The van der Waals surface area contributed by atoms with Gasteiger partial charge in [0, 0.05) is 30.5 Å². The van der Waals surface area contributed by atoms with Crippen LogP contribution in [0.1, 0.15) is 23.9 Å². The lowest BCUT2D eigenvalue weighted by atomic mass is 10.1. The maximum atomic E-state index is 13.0. The molecule has 0 radical (unpaired) electrons. The van der Waals surface area contributed by atoms with Crippen LogP contribution in [0.5, 0.6) is 0 Å². The highest BCUT2D eigenvalue weighted by Crippen LogP contribution is 2.26. The molecule has 158 valence electrons. The van der Waals surface area contributed by atoms with E-state index >= 15 is 0 Å². The van der Waals surface area contributed by atoms with Gasteiger partial charge in [-0.2, -0.15) is 0 Å². The van der Waals surface area contributed by atoms with Crippen LogP contribution in [-0.4, -0.2) is 35.4 Å². The third-order valence-electron chi connectivity index (χ3n) is 4.70. The van der Waals surface area contributed by atoms with E-state index < -0.39 is 6.04 Å². The summed E-state index contributed by atoms with van der Waals surface area (Å²) in [7, 11) is 0. The number of benzene rings is 2. The van der Waals surface area contributed by atoms with Crippen LogP contribution in [0.3, 0.4) is 0 Å². The first kappa shape index (κ1) is 22.2. The number of carbonyl (C=O) groups is 2. The molecule has 0 saturated carbocycles. The first-order valence-corrected chi connectivity index (χ1v) is 11.1. The highest BCUT2D eigenvalue weighted by molar-refractivity contribution is 7.18. The van der Waals surface area contributed by atoms with Gasteiger partial charge < -0.3 is 16.4 Å². The number of rotatable bonds is 9. The number of carbonyl (C=O) groups excluding carboxylic acids is 2. The standard InChI is InChI=1S/C22H25ClN4O2S/c1-2-20(28)26-18(12-21-27-17-9-8-15(23)11-19(17)30-21)22(29)25-16(13-24)10-14-6-4-3-5-7-14/h3-9,11,16,18H,2,10,12-13,24H2,1H3,(H,25,29)(H,26,28)/t16-,18-/m1/s1. The Hall–Kier alpha value is -2.48. The van der Waals surface area contributed by atoms with Crippen LogP contribution < -0.4 is 16.4 Å². The quantitative estimate of drug-likeness (QED) is 0.472. The monoisotopic (exact) mass is 444 g/mol. The second-order valence-corrected chi connectivity index (χ2v) is 8.58.